The fourth-order valence-corrected chi connectivity index (χ4v) is 5.07. The lowest BCUT2D eigenvalue weighted by atomic mass is 10.1. The molecule has 2 aromatic carbocycles. The van der Waals surface area contributed by atoms with Gasteiger partial charge in [-0.05, 0) is 43.5 Å². The van der Waals surface area contributed by atoms with Gasteiger partial charge in [0.05, 0.1) is 17.4 Å². The molecule has 7 heteroatoms. The van der Waals surface area contributed by atoms with Crippen molar-refractivity contribution in [3.05, 3.63) is 65.2 Å². The molecular weight excluding hydrogens is 378 g/mol. The third-order valence-corrected chi connectivity index (χ3v) is 6.40. The van der Waals surface area contributed by atoms with Crippen molar-refractivity contribution >= 4 is 27.4 Å². The lowest BCUT2D eigenvalue weighted by molar-refractivity contribution is -0.158. The van der Waals surface area contributed by atoms with Gasteiger partial charge in [-0.1, -0.05) is 36.4 Å². The number of hydrogen-bond donors (Lipinski definition) is 1. The van der Waals surface area contributed by atoms with Gasteiger partial charge in [-0.25, -0.2) is 8.42 Å². The van der Waals surface area contributed by atoms with Gasteiger partial charge in [0, 0.05) is 11.3 Å². The number of nitrogens with one attached hydrogen (secondary N) is 1. The predicted octanol–water partition coefficient (Wildman–Crippen LogP) is 2.96. The number of amides is 1. The molecule has 0 aromatic heterocycles. The lowest BCUT2D eigenvalue weighted by Gasteiger charge is -2.20. The van der Waals surface area contributed by atoms with Crippen LogP contribution in [0.2, 0.25) is 0 Å². The second-order valence-electron chi connectivity index (χ2n) is 7.19. The Balaban J connectivity index is 1.81. The van der Waals surface area contributed by atoms with Gasteiger partial charge in [-0.3, -0.25) is 9.59 Å². The van der Waals surface area contributed by atoms with Crippen LogP contribution < -0.4 is 5.32 Å². The molecule has 148 valence electrons. The van der Waals surface area contributed by atoms with E-state index in [0.717, 1.165) is 11.1 Å². The number of carbonyl (C=O) groups excluding carboxylic acids is 2. The van der Waals surface area contributed by atoms with Crippen molar-refractivity contribution in [1.82, 2.24) is 0 Å². The van der Waals surface area contributed by atoms with E-state index in [9.17, 15) is 18.0 Å². The average molecular weight is 401 g/mol. The Labute approximate surface area is 164 Å². The molecule has 0 radical (unpaired) electrons. The molecule has 1 heterocycles. The van der Waals surface area contributed by atoms with E-state index >= 15 is 0 Å². The first-order valence-electron chi connectivity index (χ1n) is 9.08. The number of hydrogen-bond acceptors (Lipinski definition) is 5. The fourth-order valence-electron chi connectivity index (χ4n) is 3.35. The molecule has 0 bridgehead atoms. The molecule has 28 heavy (non-hydrogen) atoms. The molecular formula is C21H23NO5S. The molecule has 1 saturated heterocycles. The minimum atomic E-state index is -3.22. The predicted molar refractivity (Wildman–Crippen MR) is 107 cm³/mol. The molecule has 0 aliphatic carbocycles. The minimum absolute atomic E-state index is 0.0302. The number of rotatable bonds is 5. The van der Waals surface area contributed by atoms with E-state index < -0.39 is 33.7 Å². The number of sulfone groups is 1. The Morgan fingerprint density at radius 1 is 1.07 bits per heavy atom. The van der Waals surface area contributed by atoms with Crippen LogP contribution in [0.4, 0.5) is 5.69 Å². The number of aryl methyl sites for hydroxylation is 2. The van der Waals surface area contributed by atoms with Crippen molar-refractivity contribution in [2.45, 2.75) is 26.4 Å². The molecule has 0 spiro atoms. The van der Waals surface area contributed by atoms with Gasteiger partial charge in [0.1, 0.15) is 0 Å². The van der Waals surface area contributed by atoms with Crippen LogP contribution in [0, 0.1) is 19.8 Å². The van der Waals surface area contributed by atoms with Crippen LogP contribution in [0.1, 0.15) is 29.2 Å². The summed E-state index contributed by atoms with van der Waals surface area (Å²) in [6.45, 7) is 3.86. The Morgan fingerprint density at radius 3 is 2.29 bits per heavy atom. The van der Waals surface area contributed by atoms with Crippen LogP contribution in [0.3, 0.4) is 0 Å². The highest BCUT2D eigenvalue weighted by Crippen LogP contribution is 2.26. The summed E-state index contributed by atoms with van der Waals surface area (Å²) in [5.74, 6) is -2.13. The summed E-state index contributed by atoms with van der Waals surface area (Å²) >= 11 is 0. The highest BCUT2D eigenvalue weighted by atomic mass is 32.2. The monoisotopic (exact) mass is 401 g/mol. The van der Waals surface area contributed by atoms with Gasteiger partial charge in [0.25, 0.3) is 5.91 Å². The zero-order valence-corrected chi connectivity index (χ0v) is 16.7. The van der Waals surface area contributed by atoms with Crippen molar-refractivity contribution in [3.8, 4) is 0 Å². The van der Waals surface area contributed by atoms with E-state index in [1.54, 1.807) is 30.3 Å². The zero-order valence-electron chi connectivity index (χ0n) is 15.8. The van der Waals surface area contributed by atoms with Crippen molar-refractivity contribution < 1.29 is 22.7 Å². The first-order chi connectivity index (χ1) is 13.2. The van der Waals surface area contributed by atoms with E-state index in [1.165, 1.54) is 0 Å². The molecule has 6 nitrogen and oxygen atoms in total. The average Bonchev–Trinajstić information content (AvgIpc) is 2.99. The molecule has 2 unspecified atom stereocenters. The largest absolute Gasteiger partial charge is 0.447 e. The summed E-state index contributed by atoms with van der Waals surface area (Å²) in [5.41, 5.74) is 3.14. The van der Waals surface area contributed by atoms with E-state index in [2.05, 4.69) is 5.32 Å². The van der Waals surface area contributed by atoms with Gasteiger partial charge in [-0.2, -0.15) is 0 Å². The first kappa shape index (κ1) is 20.1. The maximum atomic E-state index is 12.9. The second-order valence-corrected chi connectivity index (χ2v) is 9.42. The van der Waals surface area contributed by atoms with E-state index in [0.29, 0.717) is 11.3 Å². The van der Waals surface area contributed by atoms with Crippen molar-refractivity contribution in [2.75, 3.05) is 16.8 Å². The summed E-state index contributed by atoms with van der Waals surface area (Å²) in [6, 6.07) is 14.4. The smallest absolute Gasteiger partial charge is 0.311 e. The second kappa shape index (κ2) is 8.14. The van der Waals surface area contributed by atoms with Crippen LogP contribution in [0.25, 0.3) is 0 Å². The van der Waals surface area contributed by atoms with Gasteiger partial charge in [0.2, 0.25) is 6.10 Å². The minimum Gasteiger partial charge on any atom is -0.447 e. The van der Waals surface area contributed by atoms with Crippen LogP contribution >= 0.6 is 0 Å². The van der Waals surface area contributed by atoms with Crippen molar-refractivity contribution in [1.29, 1.82) is 0 Å². The van der Waals surface area contributed by atoms with Gasteiger partial charge in [-0.15, -0.1) is 0 Å². The van der Waals surface area contributed by atoms with E-state index in [4.69, 9.17) is 4.74 Å². The normalized spacial score (nSPS) is 19.0. The Kier molecular flexibility index (Phi) is 5.84. The zero-order chi connectivity index (χ0) is 20.3. The van der Waals surface area contributed by atoms with E-state index in [1.807, 2.05) is 32.0 Å². The summed E-state index contributed by atoms with van der Waals surface area (Å²) in [5, 5.41) is 2.80. The lowest BCUT2D eigenvalue weighted by Crippen LogP contribution is -2.29. The number of esters is 1. The van der Waals surface area contributed by atoms with Crippen molar-refractivity contribution in [2.24, 2.45) is 5.92 Å². The molecule has 1 aliphatic heterocycles. The van der Waals surface area contributed by atoms with Gasteiger partial charge < -0.3 is 10.1 Å². The molecule has 2 atom stereocenters. The third-order valence-electron chi connectivity index (χ3n) is 4.63. The van der Waals surface area contributed by atoms with Crippen molar-refractivity contribution in [3.63, 3.8) is 0 Å². The molecule has 3 rings (SSSR count). The van der Waals surface area contributed by atoms with Gasteiger partial charge in [0.15, 0.2) is 9.84 Å². The quantitative estimate of drug-likeness (QED) is 0.778. The van der Waals surface area contributed by atoms with Crippen LogP contribution in [-0.2, 0) is 24.2 Å². The van der Waals surface area contributed by atoms with Crippen LogP contribution in [0.15, 0.2) is 48.5 Å². The molecule has 1 fully saturated rings. The maximum Gasteiger partial charge on any atom is 0.311 e. The first-order valence-corrected chi connectivity index (χ1v) is 10.9. The van der Waals surface area contributed by atoms with Crippen LogP contribution in [0.5, 0.6) is 0 Å². The van der Waals surface area contributed by atoms with Crippen LogP contribution in [-0.4, -0.2) is 31.8 Å². The fraction of sp³-hybridized carbons (Fsp3) is 0.333. The standard InChI is InChI=1S/C21H23NO5S/c1-14-10-15(2)12-18(11-14)22-20(23)19(16-6-4-3-5-7-16)27-21(24)17-8-9-28(25,26)13-17/h3-7,10-12,17,19H,8-9,13H2,1-2H3,(H,22,23). The maximum absolute atomic E-state index is 12.9. The highest BCUT2D eigenvalue weighted by Gasteiger charge is 2.36. The summed E-state index contributed by atoms with van der Waals surface area (Å²) in [4.78, 5) is 25.4. The summed E-state index contributed by atoms with van der Waals surface area (Å²) < 4.78 is 28.8. The van der Waals surface area contributed by atoms with E-state index in [-0.39, 0.29) is 17.9 Å². The molecule has 1 amide bonds. The number of benzene rings is 2. The molecule has 2 aromatic rings. The Hall–Kier alpha value is -2.67. The number of ether oxygens (including phenoxy) is 1. The number of anilines is 1. The highest BCUT2D eigenvalue weighted by molar-refractivity contribution is 7.91. The molecule has 1 aliphatic rings. The third kappa shape index (κ3) is 4.98. The molecule has 1 N–H and O–H groups in total. The molecule has 0 saturated carbocycles. The van der Waals surface area contributed by atoms with Gasteiger partial charge >= 0.3 is 5.97 Å². The SMILES string of the molecule is Cc1cc(C)cc(NC(=O)C(OC(=O)C2CCS(=O)(=O)C2)c2ccccc2)c1. The Bertz CT molecular complexity index is 965. The summed E-state index contributed by atoms with van der Waals surface area (Å²) in [6.07, 6.45) is -0.931. The topological polar surface area (TPSA) is 89.5 Å². The number of carbonyl (C=O) groups is 2. The summed E-state index contributed by atoms with van der Waals surface area (Å²) in [7, 11) is -3.22. The Morgan fingerprint density at radius 2 is 1.71 bits per heavy atom.